The van der Waals surface area contributed by atoms with E-state index >= 15 is 0 Å². The second-order valence-corrected chi connectivity index (χ2v) is 3.05. The molecule has 6 nitrogen and oxygen atoms in total. The Hall–Kier alpha value is -1.43. The lowest BCUT2D eigenvalue weighted by Gasteiger charge is -2.06. The summed E-state index contributed by atoms with van der Waals surface area (Å²) in [5, 5.41) is 12.6. The highest BCUT2D eigenvalue weighted by Gasteiger charge is 2.15. The first-order valence-electron chi connectivity index (χ1n) is 4.50. The van der Waals surface area contributed by atoms with E-state index in [2.05, 4.69) is 10.1 Å². The summed E-state index contributed by atoms with van der Waals surface area (Å²) in [6.45, 7) is 2.75. The van der Waals surface area contributed by atoms with Crippen LogP contribution in [0.3, 0.4) is 0 Å². The minimum Gasteiger partial charge on any atom is -0.480 e. The van der Waals surface area contributed by atoms with Crippen molar-refractivity contribution in [3.63, 3.8) is 0 Å². The quantitative estimate of drug-likeness (QED) is 0.674. The summed E-state index contributed by atoms with van der Waals surface area (Å²) >= 11 is 0. The number of carboxylic acid groups (broad SMARTS) is 1. The van der Waals surface area contributed by atoms with E-state index in [1.165, 1.54) is 6.33 Å². The van der Waals surface area contributed by atoms with Gasteiger partial charge in [0.15, 0.2) is 0 Å². The summed E-state index contributed by atoms with van der Waals surface area (Å²) in [5.74, 6) is -0.391. The second kappa shape index (κ2) is 4.71. The lowest BCUT2D eigenvalue weighted by molar-refractivity contribution is -0.138. The largest absolute Gasteiger partial charge is 0.480 e. The van der Waals surface area contributed by atoms with Gasteiger partial charge in [0.2, 0.25) is 0 Å². The SMILES string of the molecule is CCCn1ncnc1C[C@H](N)C(=O)O. The molecule has 0 radical (unpaired) electrons. The van der Waals surface area contributed by atoms with Crippen LogP contribution in [0.1, 0.15) is 19.2 Å². The Morgan fingerprint density at radius 3 is 3.07 bits per heavy atom. The van der Waals surface area contributed by atoms with Crippen molar-refractivity contribution in [3.8, 4) is 0 Å². The molecule has 1 heterocycles. The Morgan fingerprint density at radius 1 is 1.79 bits per heavy atom. The fourth-order valence-electron chi connectivity index (χ4n) is 1.13. The van der Waals surface area contributed by atoms with Crippen LogP contribution in [0.5, 0.6) is 0 Å². The molecular formula is C8H14N4O2. The van der Waals surface area contributed by atoms with Gasteiger partial charge in [-0.2, -0.15) is 5.10 Å². The third-order valence-corrected chi connectivity index (χ3v) is 1.85. The van der Waals surface area contributed by atoms with Gasteiger partial charge in [0, 0.05) is 13.0 Å². The van der Waals surface area contributed by atoms with E-state index in [-0.39, 0.29) is 6.42 Å². The number of aryl methyl sites for hydroxylation is 1. The van der Waals surface area contributed by atoms with Gasteiger partial charge in [0.25, 0.3) is 0 Å². The van der Waals surface area contributed by atoms with Gasteiger partial charge in [-0.15, -0.1) is 0 Å². The Bertz CT molecular complexity index is 310. The van der Waals surface area contributed by atoms with Crippen LogP contribution in [-0.2, 0) is 17.8 Å². The van der Waals surface area contributed by atoms with Crippen LogP contribution >= 0.6 is 0 Å². The van der Waals surface area contributed by atoms with Crippen LogP contribution in [0.4, 0.5) is 0 Å². The van der Waals surface area contributed by atoms with Crippen molar-refractivity contribution in [3.05, 3.63) is 12.2 Å². The van der Waals surface area contributed by atoms with Gasteiger partial charge < -0.3 is 10.8 Å². The van der Waals surface area contributed by atoms with Crippen molar-refractivity contribution < 1.29 is 9.90 Å². The zero-order valence-electron chi connectivity index (χ0n) is 8.05. The summed E-state index contributed by atoms with van der Waals surface area (Å²) in [7, 11) is 0. The summed E-state index contributed by atoms with van der Waals surface area (Å²) in [6, 6.07) is -0.908. The molecule has 0 spiro atoms. The molecule has 0 unspecified atom stereocenters. The highest BCUT2D eigenvalue weighted by molar-refractivity contribution is 5.73. The van der Waals surface area contributed by atoms with E-state index in [1.807, 2.05) is 6.92 Å². The van der Waals surface area contributed by atoms with Crippen LogP contribution in [0.15, 0.2) is 6.33 Å². The molecule has 1 atom stereocenters. The monoisotopic (exact) mass is 198 g/mol. The van der Waals surface area contributed by atoms with Crippen LogP contribution in [-0.4, -0.2) is 31.9 Å². The molecule has 1 aromatic heterocycles. The predicted molar refractivity (Wildman–Crippen MR) is 49.6 cm³/mol. The lowest BCUT2D eigenvalue weighted by Crippen LogP contribution is -2.33. The van der Waals surface area contributed by atoms with Crippen molar-refractivity contribution >= 4 is 5.97 Å². The standard InChI is InChI=1S/C8H14N4O2/c1-2-3-12-7(10-5-11-12)4-6(9)8(13)14/h5-6H,2-4,9H2,1H3,(H,13,14)/t6-/m0/s1. The molecule has 0 amide bonds. The zero-order chi connectivity index (χ0) is 10.6. The molecule has 0 fully saturated rings. The first-order chi connectivity index (χ1) is 6.65. The third kappa shape index (κ3) is 2.53. The molecular weight excluding hydrogens is 184 g/mol. The smallest absolute Gasteiger partial charge is 0.320 e. The minimum absolute atomic E-state index is 0.218. The van der Waals surface area contributed by atoms with Crippen molar-refractivity contribution in [1.82, 2.24) is 14.8 Å². The predicted octanol–water partition coefficient (Wildman–Crippen LogP) is -0.357. The maximum absolute atomic E-state index is 10.5. The maximum atomic E-state index is 10.5. The molecule has 0 aliphatic heterocycles. The first kappa shape index (κ1) is 10.6. The Balaban J connectivity index is 2.66. The Morgan fingerprint density at radius 2 is 2.50 bits per heavy atom. The number of nitrogens with two attached hydrogens (primary N) is 1. The highest BCUT2D eigenvalue weighted by atomic mass is 16.4. The molecule has 78 valence electrons. The molecule has 0 aliphatic rings. The second-order valence-electron chi connectivity index (χ2n) is 3.05. The van der Waals surface area contributed by atoms with Gasteiger partial charge in [-0.25, -0.2) is 4.98 Å². The molecule has 1 aromatic rings. The summed E-state index contributed by atoms with van der Waals surface area (Å²) in [5.41, 5.74) is 5.39. The topological polar surface area (TPSA) is 94.0 Å². The zero-order valence-corrected chi connectivity index (χ0v) is 8.05. The van der Waals surface area contributed by atoms with E-state index in [1.54, 1.807) is 4.68 Å². The van der Waals surface area contributed by atoms with Gasteiger partial charge in [0.05, 0.1) is 0 Å². The van der Waals surface area contributed by atoms with Crippen molar-refractivity contribution in [2.75, 3.05) is 0 Å². The molecule has 1 rings (SSSR count). The van der Waals surface area contributed by atoms with Crippen molar-refractivity contribution in [2.24, 2.45) is 5.73 Å². The number of aliphatic carboxylic acids is 1. The van der Waals surface area contributed by atoms with Crippen molar-refractivity contribution in [2.45, 2.75) is 32.4 Å². The van der Waals surface area contributed by atoms with E-state index in [0.29, 0.717) is 5.82 Å². The van der Waals surface area contributed by atoms with Gasteiger partial charge in [0.1, 0.15) is 18.2 Å². The Kier molecular flexibility index (Phi) is 3.58. The number of nitrogens with zero attached hydrogens (tertiary/aromatic N) is 3. The number of rotatable bonds is 5. The lowest BCUT2D eigenvalue weighted by atomic mass is 10.2. The average Bonchev–Trinajstić information content (AvgIpc) is 2.53. The minimum atomic E-state index is -1.02. The van der Waals surface area contributed by atoms with Crippen LogP contribution in [0, 0.1) is 0 Å². The fraction of sp³-hybridized carbons (Fsp3) is 0.625. The molecule has 14 heavy (non-hydrogen) atoms. The molecule has 0 aliphatic carbocycles. The molecule has 0 saturated heterocycles. The van der Waals surface area contributed by atoms with Crippen LogP contribution in [0.25, 0.3) is 0 Å². The number of carbonyl (C=O) groups is 1. The molecule has 0 aromatic carbocycles. The van der Waals surface area contributed by atoms with E-state index in [4.69, 9.17) is 10.8 Å². The first-order valence-corrected chi connectivity index (χ1v) is 4.50. The van der Waals surface area contributed by atoms with Gasteiger partial charge in [-0.05, 0) is 6.42 Å². The fourth-order valence-corrected chi connectivity index (χ4v) is 1.13. The summed E-state index contributed by atoms with van der Waals surface area (Å²) in [6.07, 6.45) is 2.56. The molecule has 3 N–H and O–H groups in total. The van der Waals surface area contributed by atoms with E-state index < -0.39 is 12.0 Å². The maximum Gasteiger partial charge on any atom is 0.320 e. The van der Waals surface area contributed by atoms with E-state index in [0.717, 1.165) is 13.0 Å². The van der Waals surface area contributed by atoms with E-state index in [9.17, 15) is 4.79 Å². The highest BCUT2D eigenvalue weighted by Crippen LogP contribution is 1.99. The summed E-state index contributed by atoms with van der Waals surface area (Å²) in [4.78, 5) is 14.5. The van der Waals surface area contributed by atoms with Gasteiger partial charge in [-0.3, -0.25) is 9.48 Å². The number of aromatic nitrogens is 3. The number of hydrogen-bond acceptors (Lipinski definition) is 4. The number of hydrogen-bond donors (Lipinski definition) is 2. The number of carboxylic acids is 1. The van der Waals surface area contributed by atoms with Crippen LogP contribution in [0.2, 0.25) is 0 Å². The average molecular weight is 198 g/mol. The van der Waals surface area contributed by atoms with Gasteiger partial charge in [-0.1, -0.05) is 6.92 Å². The van der Waals surface area contributed by atoms with Crippen molar-refractivity contribution in [1.29, 1.82) is 0 Å². The van der Waals surface area contributed by atoms with Crippen LogP contribution < -0.4 is 5.73 Å². The van der Waals surface area contributed by atoms with Gasteiger partial charge >= 0.3 is 5.97 Å². The molecule has 6 heteroatoms. The molecule has 0 saturated carbocycles. The third-order valence-electron chi connectivity index (χ3n) is 1.85. The molecule has 0 bridgehead atoms. The Labute approximate surface area is 81.7 Å². The normalized spacial score (nSPS) is 12.7. The summed E-state index contributed by atoms with van der Waals surface area (Å²) < 4.78 is 1.68.